The average molecular weight is 439 g/mol. The maximum absolute atomic E-state index is 13.2. The lowest BCUT2D eigenvalue weighted by Gasteiger charge is -2.28. The maximum atomic E-state index is 13.2. The van der Waals surface area contributed by atoms with E-state index in [1.807, 2.05) is 67.6 Å². The average Bonchev–Trinajstić information content (AvgIpc) is 3.16. The Hall–Kier alpha value is -3.73. The molecule has 0 bridgehead atoms. The topological polar surface area (TPSA) is 67.8 Å². The number of Topliss-reactive ketones (excluding diaryl/α,β-unsaturated/α-hetero) is 1. The van der Waals surface area contributed by atoms with Crippen molar-refractivity contribution >= 4 is 23.1 Å². The minimum atomic E-state index is -0.753. The van der Waals surface area contributed by atoms with E-state index in [4.69, 9.17) is 4.84 Å². The largest absolute Gasteiger partial charge is 0.380 e. The molecular weight excluding hydrogens is 412 g/mol. The minimum absolute atomic E-state index is 0.0102. The van der Waals surface area contributed by atoms with Crippen molar-refractivity contribution in [3.8, 4) is 11.1 Å². The van der Waals surface area contributed by atoms with Crippen LogP contribution in [0.5, 0.6) is 0 Å². The summed E-state index contributed by atoms with van der Waals surface area (Å²) in [5.41, 5.74) is 4.92. The van der Waals surface area contributed by atoms with E-state index in [-0.39, 0.29) is 11.7 Å². The van der Waals surface area contributed by atoms with Crippen molar-refractivity contribution < 1.29 is 14.4 Å². The van der Waals surface area contributed by atoms with Gasteiger partial charge in [0.1, 0.15) is 0 Å². The molecule has 1 N–H and O–H groups in total. The molecule has 2 aliphatic rings. The van der Waals surface area contributed by atoms with Gasteiger partial charge in [-0.05, 0) is 79.6 Å². The Labute approximate surface area is 193 Å². The number of carbonyl (C=O) groups excluding carboxylic acids is 2. The van der Waals surface area contributed by atoms with Crippen LogP contribution in [0.25, 0.3) is 11.1 Å². The van der Waals surface area contributed by atoms with E-state index < -0.39 is 5.60 Å². The first-order chi connectivity index (χ1) is 16.1. The van der Waals surface area contributed by atoms with Crippen molar-refractivity contribution in [2.24, 2.45) is 5.16 Å². The number of nitrogens with one attached hydrogen (secondary N) is 1. The number of benzene rings is 3. The highest BCUT2D eigenvalue weighted by Crippen LogP contribution is 2.38. The number of rotatable bonds is 4. The molecule has 33 heavy (non-hydrogen) atoms. The van der Waals surface area contributed by atoms with Crippen molar-refractivity contribution in [3.63, 3.8) is 0 Å². The zero-order valence-electron chi connectivity index (χ0n) is 18.6. The lowest BCUT2D eigenvalue weighted by atomic mass is 9.79. The van der Waals surface area contributed by atoms with Crippen molar-refractivity contribution in [2.45, 2.75) is 44.6 Å². The van der Waals surface area contributed by atoms with Gasteiger partial charge in [-0.1, -0.05) is 54.0 Å². The standard InChI is InChI=1S/C28H26N2O3/c1-19-10-11-22(25-26(31)28(33-30-25)16-6-3-7-17-28)18-24(19)20-12-14-23(15-13-20)29-27(32)21-8-4-2-5-9-21/h2,4-5,8-15,18H,3,6-7,16-17H2,1H3,(H,29,32). The summed E-state index contributed by atoms with van der Waals surface area (Å²) in [6.07, 6.45) is 4.63. The minimum Gasteiger partial charge on any atom is -0.380 e. The molecule has 0 radical (unpaired) electrons. The Kier molecular flexibility index (Phi) is 5.55. The lowest BCUT2D eigenvalue weighted by Crippen LogP contribution is -2.41. The highest BCUT2D eigenvalue weighted by atomic mass is 16.7. The van der Waals surface area contributed by atoms with Crippen molar-refractivity contribution in [1.82, 2.24) is 0 Å². The van der Waals surface area contributed by atoms with Crippen molar-refractivity contribution in [3.05, 3.63) is 89.5 Å². The van der Waals surface area contributed by atoms with E-state index in [0.717, 1.165) is 60.0 Å². The molecule has 1 aliphatic heterocycles. The number of oxime groups is 1. The van der Waals surface area contributed by atoms with E-state index >= 15 is 0 Å². The third-order valence-electron chi connectivity index (χ3n) is 6.60. The van der Waals surface area contributed by atoms with Crippen LogP contribution in [0.2, 0.25) is 0 Å². The number of anilines is 1. The van der Waals surface area contributed by atoms with Gasteiger partial charge in [-0.2, -0.15) is 0 Å². The molecule has 5 rings (SSSR count). The molecule has 0 aromatic heterocycles. The summed E-state index contributed by atoms with van der Waals surface area (Å²) in [7, 11) is 0. The van der Waals surface area contributed by atoms with Crippen LogP contribution >= 0.6 is 0 Å². The van der Waals surface area contributed by atoms with Crippen LogP contribution in [0, 0.1) is 6.92 Å². The first-order valence-corrected chi connectivity index (χ1v) is 11.4. The Morgan fingerprint density at radius 2 is 1.61 bits per heavy atom. The second-order valence-corrected chi connectivity index (χ2v) is 8.84. The van der Waals surface area contributed by atoms with Crippen molar-refractivity contribution in [1.29, 1.82) is 0 Å². The quantitative estimate of drug-likeness (QED) is 0.550. The Morgan fingerprint density at radius 1 is 0.909 bits per heavy atom. The Balaban J connectivity index is 1.36. The summed E-state index contributed by atoms with van der Waals surface area (Å²) < 4.78 is 0. The summed E-state index contributed by atoms with van der Waals surface area (Å²) >= 11 is 0. The molecule has 166 valence electrons. The van der Waals surface area contributed by atoms with Gasteiger partial charge in [0.05, 0.1) is 0 Å². The highest BCUT2D eigenvalue weighted by Gasteiger charge is 2.49. The van der Waals surface area contributed by atoms with Gasteiger partial charge >= 0.3 is 0 Å². The molecule has 0 atom stereocenters. The van der Waals surface area contributed by atoms with Gasteiger partial charge < -0.3 is 10.2 Å². The number of carbonyl (C=O) groups is 2. The van der Waals surface area contributed by atoms with Gasteiger partial charge in [-0.25, -0.2) is 0 Å². The number of aryl methyl sites for hydroxylation is 1. The summed E-state index contributed by atoms with van der Waals surface area (Å²) in [6, 6.07) is 22.8. The highest BCUT2D eigenvalue weighted by molar-refractivity contribution is 6.49. The fraction of sp³-hybridized carbons (Fsp3) is 0.250. The lowest BCUT2D eigenvalue weighted by molar-refractivity contribution is -0.136. The van der Waals surface area contributed by atoms with Crippen LogP contribution < -0.4 is 5.32 Å². The number of hydrogen-bond acceptors (Lipinski definition) is 4. The van der Waals surface area contributed by atoms with Gasteiger partial charge in [0.15, 0.2) is 5.71 Å². The molecular formula is C28H26N2O3. The van der Waals surface area contributed by atoms with Gasteiger partial charge in [0.2, 0.25) is 11.4 Å². The van der Waals surface area contributed by atoms with Crippen LogP contribution in [0.3, 0.4) is 0 Å². The predicted octanol–water partition coefficient (Wildman–Crippen LogP) is 5.92. The van der Waals surface area contributed by atoms with E-state index in [1.54, 1.807) is 12.1 Å². The first kappa shape index (κ1) is 21.1. The molecule has 5 nitrogen and oxygen atoms in total. The Bertz CT molecular complexity index is 1220. The molecule has 1 fully saturated rings. The monoisotopic (exact) mass is 438 g/mol. The molecule has 1 amide bonds. The van der Waals surface area contributed by atoms with Gasteiger partial charge in [0.25, 0.3) is 5.91 Å². The molecule has 1 heterocycles. The predicted molar refractivity (Wildman–Crippen MR) is 129 cm³/mol. The summed E-state index contributed by atoms with van der Waals surface area (Å²) in [6.45, 7) is 2.04. The molecule has 3 aromatic carbocycles. The van der Waals surface area contributed by atoms with E-state index in [0.29, 0.717) is 11.3 Å². The Morgan fingerprint density at radius 3 is 2.33 bits per heavy atom. The first-order valence-electron chi connectivity index (χ1n) is 11.4. The summed E-state index contributed by atoms with van der Waals surface area (Å²) in [5, 5.41) is 7.15. The van der Waals surface area contributed by atoms with E-state index in [9.17, 15) is 9.59 Å². The summed E-state index contributed by atoms with van der Waals surface area (Å²) in [5.74, 6) is -0.132. The fourth-order valence-corrected chi connectivity index (χ4v) is 4.66. The van der Waals surface area contributed by atoms with Crippen LogP contribution in [-0.4, -0.2) is 23.0 Å². The second kappa shape index (κ2) is 8.66. The normalized spacial score (nSPS) is 16.9. The maximum Gasteiger partial charge on any atom is 0.255 e. The number of hydrogen-bond donors (Lipinski definition) is 1. The second-order valence-electron chi connectivity index (χ2n) is 8.84. The molecule has 0 unspecified atom stereocenters. The molecule has 1 aliphatic carbocycles. The van der Waals surface area contributed by atoms with Gasteiger partial charge in [-0.3, -0.25) is 9.59 Å². The number of amides is 1. The van der Waals surface area contributed by atoms with Gasteiger partial charge in [-0.15, -0.1) is 0 Å². The van der Waals surface area contributed by atoms with Crippen LogP contribution in [-0.2, 0) is 9.63 Å². The molecule has 1 saturated carbocycles. The summed E-state index contributed by atoms with van der Waals surface area (Å²) in [4.78, 5) is 31.3. The van der Waals surface area contributed by atoms with Crippen molar-refractivity contribution in [2.75, 3.05) is 5.32 Å². The number of nitrogens with zero attached hydrogens (tertiary/aromatic N) is 1. The van der Waals surface area contributed by atoms with Gasteiger partial charge in [0, 0.05) is 16.8 Å². The molecule has 5 heteroatoms. The molecule has 3 aromatic rings. The van der Waals surface area contributed by atoms with Crippen LogP contribution in [0.15, 0.2) is 78.0 Å². The smallest absolute Gasteiger partial charge is 0.255 e. The van der Waals surface area contributed by atoms with Crippen LogP contribution in [0.1, 0.15) is 53.6 Å². The zero-order chi connectivity index (χ0) is 22.8. The third kappa shape index (κ3) is 4.07. The molecule has 1 spiro atoms. The SMILES string of the molecule is Cc1ccc(C2=NOC3(CCCCC3)C2=O)cc1-c1ccc(NC(=O)c2ccccc2)cc1. The molecule has 0 saturated heterocycles. The third-order valence-corrected chi connectivity index (χ3v) is 6.60. The fourth-order valence-electron chi connectivity index (χ4n) is 4.66. The van der Waals surface area contributed by atoms with E-state index in [1.165, 1.54) is 0 Å². The van der Waals surface area contributed by atoms with Crippen LogP contribution in [0.4, 0.5) is 5.69 Å². The zero-order valence-corrected chi connectivity index (χ0v) is 18.6. The number of ketones is 1. The van der Waals surface area contributed by atoms with E-state index in [2.05, 4.69) is 10.5 Å².